The summed E-state index contributed by atoms with van der Waals surface area (Å²) in [4.78, 5) is 24.0. The molecule has 1 amide bonds. The number of halogens is 1. The number of carbonyl (C=O) groups is 2. The van der Waals surface area contributed by atoms with E-state index in [4.69, 9.17) is 25.6 Å². The lowest BCUT2D eigenvalue weighted by Crippen LogP contribution is -2.41. The van der Waals surface area contributed by atoms with Crippen LogP contribution in [0.25, 0.3) is 6.08 Å². The molecule has 2 rings (SSSR count). The van der Waals surface area contributed by atoms with E-state index in [1.54, 1.807) is 39.0 Å². The average Bonchev–Trinajstić information content (AvgIpc) is 2.78. The minimum atomic E-state index is -0.665. The van der Waals surface area contributed by atoms with Gasteiger partial charge >= 0.3 is 13.2 Å². The number of rotatable bonds is 5. The van der Waals surface area contributed by atoms with E-state index in [1.165, 1.54) is 6.92 Å². The summed E-state index contributed by atoms with van der Waals surface area (Å²) in [7, 11) is -0.665. The summed E-state index contributed by atoms with van der Waals surface area (Å²) in [5.74, 6) is -0.126. The molecule has 0 spiro atoms. The molecule has 1 aliphatic rings. The third kappa shape index (κ3) is 6.09. The third-order valence-corrected chi connectivity index (χ3v) is 5.44. The Labute approximate surface area is 184 Å². The van der Waals surface area contributed by atoms with Crippen LogP contribution in [0.4, 0.5) is 4.79 Å². The highest BCUT2D eigenvalue weighted by atomic mass is 35.5. The van der Waals surface area contributed by atoms with E-state index in [9.17, 15) is 9.59 Å². The summed E-state index contributed by atoms with van der Waals surface area (Å²) in [5.41, 5.74) is 0.195. The van der Waals surface area contributed by atoms with Crippen molar-refractivity contribution in [2.24, 2.45) is 0 Å². The van der Waals surface area contributed by atoms with Gasteiger partial charge in [0.05, 0.1) is 16.2 Å². The fraction of sp³-hybridized carbons (Fsp3) is 0.545. The van der Waals surface area contributed by atoms with Crippen molar-refractivity contribution in [3.05, 3.63) is 39.8 Å². The number of alkyl carbamates (subject to hydrolysis) is 1. The molecule has 30 heavy (non-hydrogen) atoms. The van der Waals surface area contributed by atoms with Gasteiger partial charge < -0.3 is 19.4 Å². The zero-order valence-corrected chi connectivity index (χ0v) is 19.8. The molecule has 0 aromatic heterocycles. The fourth-order valence-electron chi connectivity index (χ4n) is 2.80. The number of benzene rings is 1. The van der Waals surface area contributed by atoms with Gasteiger partial charge in [-0.25, -0.2) is 4.79 Å². The SMILES string of the molecule is CC(=O)c1cc(C=C(CNC(=O)OC(C)(C)C)B2OC(C)(C)C(C)(C)O2)ccc1Cl. The summed E-state index contributed by atoms with van der Waals surface area (Å²) in [5, 5.41) is 3.15. The van der Waals surface area contributed by atoms with Crippen LogP contribution < -0.4 is 5.32 Å². The predicted octanol–water partition coefficient (Wildman–Crippen LogP) is 5.08. The van der Waals surface area contributed by atoms with E-state index < -0.39 is 30.0 Å². The first-order valence-corrected chi connectivity index (χ1v) is 10.3. The van der Waals surface area contributed by atoms with Gasteiger partial charge in [0.1, 0.15) is 5.60 Å². The first-order valence-electron chi connectivity index (χ1n) is 9.95. The van der Waals surface area contributed by atoms with Gasteiger partial charge in [0.2, 0.25) is 0 Å². The first kappa shape index (κ1) is 24.4. The number of hydrogen-bond acceptors (Lipinski definition) is 5. The van der Waals surface area contributed by atoms with E-state index >= 15 is 0 Å². The van der Waals surface area contributed by atoms with Crippen LogP contribution in [-0.4, -0.2) is 42.3 Å². The lowest BCUT2D eigenvalue weighted by atomic mass is 9.77. The van der Waals surface area contributed by atoms with Crippen LogP contribution in [0.15, 0.2) is 23.7 Å². The summed E-state index contributed by atoms with van der Waals surface area (Å²) in [6.07, 6.45) is 1.30. The second-order valence-corrected chi connectivity index (χ2v) is 9.87. The number of hydrogen-bond donors (Lipinski definition) is 1. The number of carbonyl (C=O) groups excluding carboxylic acids is 2. The van der Waals surface area contributed by atoms with Gasteiger partial charge in [0, 0.05) is 12.1 Å². The van der Waals surface area contributed by atoms with Crippen LogP contribution in [0.5, 0.6) is 0 Å². The van der Waals surface area contributed by atoms with Crippen LogP contribution in [0, 0.1) is 0 Å². The molecule has 1 aliphatic heterocycles. The normalized spacial score (nSPS) is 18.3. The molecular formula is C22H31BClNO5. The van der Waals surface area contributed by atoms with Crippen molar-refractivity contribution in [2.45, 2.75) is 72.2 Å². The number of amides is 1. The third-order valence-electron chi connectivity index (χ3n) is 5.11. The molecule has 6 nitrogen and oxygen atoms in total. The first-order chi connectivity index (χ1) is 13.6. The molecule has 0 unspecified atom stereocenters. The molecule has 164 valence electrons. The van der Waals surface area contributed by atoms with E-state index in [2.05, 4.69) is 5.32 Å². The summed E-state index contributed by atoms with van der Waals surface area (Å²) >= 11 is 6.13. The van der Waals surface area contributed by atoms with Crippen molar-refractivity contribution < 1.29 is 23.6 Å². The van der Waals surface area contributed by atoms with E-state index in [-0.39, 0.29) is 12.3 Å². The quantitative estimate of drug-likeness (QED) is 0.515. The van der Waals surface area contributed by atoms with Gasteiger partial charge in [0.25, 0.3) is 0 Å². The molecule has 1 fully saturated rings. The molecular weight excluding hydrogens is 405 g/mol. The van der Waals surface area contributed by atoms with Crippen molar-refractivity contribution in [2.75, 3.05) is 6.54 Å². The van der Waals surface area contributed by atoms with Crippen molar-refractivity contribution >= 4 is 36.7 Å². The Morgan fingerprint density at radius 2 is 1.73 bits per heavy atom. The van der Waals surface area contributed by atoms with Gasteiger partial charge in [-0.15, -0.1) is 0 Å². The van der Waals surface area contributed by atoms with Crippen molar-refractivity contribution in [3.63, 3.8) is 0 Å². The lowest BCUT2D eigenvalue weighted by molar-refractivity contribution is 0.00578. The topological polar surface area (TPSA) is 73.9 Å². The molecule has 0 aliphatic carbocycles. The molecule has 1 heterocycles. The fourth-order valence-corrected chi connectivity index (χ4v) is 3.05. The van der Waals surface area contributed by atoms with E-state index in [1.807, 2.05) is 33.8 Å². The highest BCUT2D eigenvalue weighted by Gasteiger charge is 2.52. The monoisotopic (exact) mass is 435 g/mol. The van der Waals surface area contributed by atoms with Crippen LogP contribution >= 0.6 is 11.6 Å². The highest BCUT2D eigenvalue weighted by molar-refractivity contribution is 6.56. The van der Waals surface area contributed by atoms with Crippen molar-refractivity contribution in [3.8, 4) is 0 Å². The summed E-state index contributed by atoms with van der Waals surface area (Å²) in [6, 6.07) is 5.18. The standard InChI is InChI=1S/C22H31BClNO5/c1-14(26)17-12-15(9-10-18(17)24)11-16(13-25-19(27)28-20(2,3)4)23-29-21(5,6)22(7,8)30-23/h9-12H,13H2,1-8H3,(H,25,27). The molecule has 0 saturated carbocycles. The maximum atomic E-state index is 12.2. The van der Waals surface area contributed by atoms with Crippen LogP contribution in [0.1, 0.15) is 71.3 Å². The summed E-state index contributed by atoms with van der Waals surface area (Å²) < 4.78 is 17.6. The molecule has 1 saturated heterocycles. The second kappa shape index (κ2) is 8.73. The smallest absolute Gasteiger partial charge is 0.444 e. The Morgan fingerprint density at radius 1 is 1.17 bits per heavy atom. The van der Waals surface area contributed by atoms with Gasteiger partial charge in [0.15, 0.2) is 5.78 Å². The van der Waals surface area contributed by atoms with E-state index in [0.717, 1.165) is 5.56 Å². The number of Topliss-reactive ketones (excluding diaryl/α,β-unsaturated/α-hetero) is 1. The van der Waals surface area contributed by atoms with Crippen molar-refractivity contribution in [1.82, 2.24) is 5.32 Å². The van der Waals surface area contributed by atoms with Crippen LogP contribution in [0.2, 0.25) is 5.02 Å². The Morgan fingerprint density at radius 3 is 2.23 bits per heavy atom. The molecule has 1 N–H and O–H groups in total. The van der Waals surface area contributed by atoms with Crippen molar-refractivity contribution in [1.29, 1.82) is 0 Å². The maximum absolute atomic E-state index is 12.2. The second-order valence-electron chi connectivity index (χ2n) is 9.46. The minimum Gasteiger partial charge on any atom is -0.444 e. The van der Waals surface area contributed by atoms with Crippen LogP contribution in [-0.2, 0) is 14.0 Å². The Kier molecular flexibility index (Phi) is 7.12. The van der Waals surface area contributed by atoms with E-state index in [0.29, 0.717) is 16.1 Å². The maximum Gasteiger partial charge on any atom is 0.492 e. The Hall–Kier alpha value is -1.83. The van der Waals surface area contributed by atoms with Crippen LogP contribution in [0.3, 0.4) is 0 Å². The molecule has 0 bridgehead atoms. The minimum absolute atomic E-state index is 0.126. The predicted molar refractivity (Wildman–Crippen MR) is 120 cm³/mol. The largest absolute Gasteiger partial charge is 0.492 e. The zero-order chi connectivity index (χ0) is 22.9. The number of ketones is 1. The number of nitrogens with one attached hydrogen (secondary N) is 1. The number of ether oxygens (including phenoxy) is 1. The highest BCUT2D eigenvalue weighted by Crippen LogP contribution is 2.38. The Balaban J connectivity index is 2.34. The Bertz CT molecular complexity index is 842. The van der Waals surface area contributed by atoms with Gasteiger partial charge in [-0.05, 0) is 78.6 Å². The molecule has 0 atom stereocenters. The molecule has 1 aromatic rings. The zero-order valence-electron chi connectivity index (χ0n) is 19.0. The molecule has 8 heteroatoms. The molecule has 1 aromatic carbocycles. The van der Waals surface area contributed by atoms with Gasteiger partial charge in [-0.2, -0.15) is 0 Å². The van der Waals surface area contributed by atoms with Gasteiger partial charge in [-0.1, -0.05) is 23.7 Å². The summed E-state index contributed by atoms with van der Waals surface area (Å²) in [6.45, 7) is 14.9. The lowest BCUT2D eigenvalue weighted by Gasteiger charge is -2.32. The molecule has 0 radical (unpaired) electrons. The van der Waals surface area contributed by atoms with Gasteiger partial charge in [-0.3, -0.25) is 4.79 Å². The average molecular weight is 436 g/mol.